The van der Waals surface area contributed by atoms with Crippen molar-refractivity contribution in [3.05, 3.63) is 58.3 Å². The van der Waals surface area contributed by atoms with E-state index in [0.29, 0.717) is 21.3 Å². The van der Waals surface area contributed by atoms with Crippen LogP contribution in [0.4, 0.5) is 10.1 Å². The number of hydrogen-bond donors (Lipinski definition) is 1. The van der Waals surface area contributed by atoms with Gasteiger partial charge in [0.05, 0.1) is 5.75 Å². The second-order valence-corrected chi connectivity index (χ2v) is 6.68. The zero-order valence-electron chi connectivity index (χ0n) is 12.5. The van der Waals surface area contributed by atoms with Gasteiger partial charge in [-0.15, -0.1) is 10.2 Å². The fourth-order valence-electron chi connectivity index (χ4n) is 1.96. The van der Waals surface area contributed by atoms with Crippen LogP contribution in [-0.4, -0.2) is 21.9 Å². The first-order chi connectivity index (χ1) is 12.0. The van der Waals surface area contributed by atoms with E-state index >= 15 is 0 Å². The van der Waals surface area contributed by atoms with Crippen LogP contribution in [0, 0.1) is 5.82 Å². The zero-order valence-corrected chi connectivity index (χ0v) is 14.8. The maximum Gasteiger partial charge on any atom is 0.277 e. The topological polar surface area (TPSA) is 68.0 Å². The van der Waals surface area contributed by atoms with Crippen molar-refractivity contribution in [2.45, 2.75) is 5.22 Å². The lowest BCUT2D eigenvalue weighted by molar-refractivity contribution is -0.113. The molecule has 0 radical (unpaired) electrons. The Bertz CT molecular complexity index is 900. The monoisotopic (exact) mass is 397 g/mol. The summed E-state index contributed by atoms with van der Waals surface area (Å²) in [5.74, 6) is -0.447. The molecule has 0 saturated heterocycles. The van der Waals surface area contributed by atoms with Crippen LogP contribution >= 0.6 is 35.0 Å². The molecule has 1 amide bonds. The van der Waals surface area contributed by atoms with E-state index < -0.39 is 5.82 Å². The quantitative estimate of drug-likeness (QED) is 0.619. The molecule has 1 heterocycles. The molecule has 1 aromatic heterocycles. The van der Waals surface area contributed by atoms with Crippen LogP contribution in [0.5, 0.6) is 0 Å². The van der Waals surface area contributed by atoms with E-state index in [1.807, 2.05) is 0 Å². The Balaban J connectivity index is 1.59. The summed E-state index contributed by atoms with van der Waals surface area (Å²) in [6.07, 6.45) is 0. The number of aromatic nitrogens is 2. The molecule has 2 aromatic carbocycles. The highest BCUT2D eigenvalue weighted by atomic mass is 35.5. The Morgan fingerprint density at radius 1 is 1.16 bits per heavy atom. The maximum absolute atomic E-state index is 13.2. The molecule has 3 rings (SSSR count). The van der Waals surface area contributed by atoms with E-state index in [4.69, 9.17) is 27.6 Å². The predicted octanol–water partition coefficient (Wildman–Crippen LogP) is 4.91. The molecule has 0 fully saturated rings. The van der Waals surface area contributed by atoms with Crippen molar-refractivity contribution in [2.75, 3.05) is 11.1 Å². The normalized spacial score (nSPS) is 10.7. The third-order valence-electron chi connectivity index (χ3n) is 2.95. The molecule has 0 unspecified atom stereocenters. The van der Waals surface area contributed by atoms with Gasteiger partial charge in [0.2, 0.25) is 11.8 Å². The van der Waals surface area contributed by atoms with Gasteiger partial charge in [-0.2, -0.15) is 0 Å². The largest absolute Gasteiger partial charge is 0.411 e. The minimum Gasteiger partial charge on any atom is -0.411 e. The third-order valence-corrected chi connectivity index (χ3v) is 4.21. The molecule has 9 heteroatoms. The predicted molar refractivity (Wildman–Crippen MR) is 95.5 cm³/mol. The molecule has 3 aromatic rings. The number of benzene rings is 2. The summed E-state index contributed by atoms with van der Waals surface area (Å²) in [4.78, 5) is 12.0. The van der Waals surface area contributed by atoms with Crippen LogP contribution in [0.25, 0.3) is 11.5 Å². The molecular formula is C16H10Cl2FN3O2S. The van der Waals surface area contributed by atoms with Crippen LogP contribution in [0.3, 0.4) is 0 Å². The maximum atomic E-state index is 13.2. The smallest absolute Gasteiger partial charge is 0.277 e. The molecule has 0 aliphatic carbocycles. The van der Waals surface area contributed by atoms with Crippen LogP contribution in [0.15, 0.2) is 52.1 Å². The Hall–Kier alpha value is -2.09. The number of amides is 1. The molecule has 0 atom stereocenters. The average Bonchev–Trinajstić information content (AvgIpc) is 3.01. The second kappa shape index (κ2) is 7.86. The van der Waals surface area contributed by atoms with Crippen LogP contribution in [0.1, 0.15) is 0 Å². The van der Waals surface area contributed by atoms with Crippen LogP contribution in [-0.2, 0) is 4.79 Å². The molecule has 0 saturated carbocycles. The van der Waals surface area contributed by atoms with Crippen molar-refractivity contribution in [3.8, 4) is 11.5 Å². The average molecular weight is 398 g/mol. The van der Waals surface area contributed by atoms with E-state index in [0.717, 1.165) is 11.8 Å². The Labute approximate surface area is 156 Å². The number of carbonyl (C=O) groups is 1. The first-order valence-electron chi connectivity index (χ1n) is 6.98. The van der Waals surface area contributed by atoms with Gasteiger partial charge in [-0.25, -0.2) is 4.39 Å². The summed E-state index contributed by atoms with van der Waals surface area (Å²) in [6.45, 7) is 0. The molecule has 0 spiro atoms. The molecule has 128 valence electrons. The summed E-state index contributed by atoms with van der Waals surface area (Å²) in [5.41, 5.74) is 0.964. The summed E-state index contributed by atoms with van der Waals surface area (Å²) in [7, 11) is 0. The van der Waals surface area contributed by atoms with Gasteiger partial charge >= 0.3 is 0 Å². The number of nitrogens with zero attached hydrogens (tertiary/aromatic N) is 2. The van der Waals surface area contributed by atoms with Gasteiger partial charge in [0, 0.05) is 21.3 Å². The number of nitrogens with one attached hydrogen (secondary N) is 1. The molecular weight excluding hydrogens is 388 g/mol. The summed E-state index contributed by atoms with van der Waals surface area (Å²) in [5, 5.41) is 11.4. The van der Waals surface area contributed by atoms with Gasteiger partial charge in [0.25, 0.3) is 5.22 Å². The fraction of sp³-hybridized carbons (Fsp3) is 0.0625. The number of hydrogen-bond acceptors (Lipinski definition) is 5. The minimum atomic E-state index is -0.399. The lowest BCUT2D eigenvalue weighted by Crippen LogP contribution is -2.13. The SMILES string of the molecule is O=C(CSc1nnc(-c2cccc(F)c2)o1)Nc1cc(Cl)cc(Cl)c1. The number of carbonyl (C=O) groups excluding carboxylic acids is 1. The number of rotatable bonds is 5. The molecule has 1 N–H and O–H groups in total. The first-order valence-corrected chi connectivity index (χ1v) is 8.72. The molecule has 0 aliphatic heterocycles. The van der Waals surface area contributed by atoms with Gasteiger partial charge < -0.3 is 9.73 Å². The summed E-state index contributed by atoms with van der Waals surface area (Å²) >= 11 is 12.8. The van der Waals surface area contributed by atoms with Gasteiger partial charge in [-0.3, -0.25) is 4.79 Å². The highest BCUT2D eigenvalue weighted by molar-refractivity contribution is 7.99. The number of thioether (sulfide) groups is 1. The molecule has 0 aliphatic rings. The van der Waals surface area contributed by atoms with Crippen molar-refractivity contribution >= 4 is 46.6 Å². The number of anilines is 1. The van der Waals surface area contributed by atoms with E-state index in [1.165, 1.54) is 12.1 Å². The van der Waals surface area contributed by atoms with Crippen molar-refractivity contribution in [1.82, 2.24) is 10.2 Å². The highest BCUT2D eigenvalue weighted by Gasteiger charge is 2.12. The Kier molecular flexibility index (Phi) is 5.57. The number of halogens is 3. The van der Waals surface area contributed by atoms with Crippen molar-refractivity contribution in [3.63, 3.8) is 0 Å². The molecule has 5 nitrogen and oxygen atoms in total. The summed E-state index contributed by atoms with van der Waals surface area (Å²) < 4.78 is 18.6. The first kappa shape index (κ1) is 17.7. The second-order valence-electron chi connectivity index (χ2n) is 4.88. The zero-order chi connectivity index (χ0) is 17.8. The Morgan fingerprint density at radius 3 is 2.64 bits per heavy atom. The van der Waals surface area contributed by atoms with E-state index in [9.17, 15) is 9.18 Å². The van der Waals surface area contributed by atoms with Crippen LogP contribution in [0.2, 0.25) is 10.0 Å². The highest BCUT2D eigenvalue weighted by Crippen LogP contribution is 2.25. The third kappa shape index (κ3) is 4.94. The van der Waals surface area contributed by atoms with Gasteiger partial charge in [-0.05, 0) is 36.4 Å². The minimum absolute atomic E-state index is 0.0505. The van der Waals surface area contributed by atoms with E-state index in [1.54, 1.807) is 30.3 Å². The fourth-order valence-corrected chi connectivity index (χ4v) is 3.05. The summed E-state index contributed by atoms with van der Waals surface area (Å²) in [6, 6.07) is 10.6. The molecule has 25 heavy (non-hydrogen) atoms. The van der Waals surface area contributed by atoms with E-state index in [-0.39, 0.29) is 22.8 Å². The lowest BCUT2D eigenvalue weighted by atomic mass is 10.2. The van der Waals surface area contributed by atoms with Crippen LogP contribution < -0.4 is 5.32 Å². The van der Waals surface area contributed by atoms with Gasteiger partial charge in [-0.1, -0.05) is 41.0 Å². The standard InChI is InChI=1S/C16H10Cl2FN3O2S/c17-10-5-11(18)7-13(6-10)20-14(23)8-25-16-22-21-15(24-16)9-2-1-3-12(19)4-9/h1-7H,8H2,(H,20,23). The molecule has 0 bridgehead atoms. The van der Waals surface area contributed by atoms with Crippen molar-refractivity contribution < 1.29 is 13.6 Å². The lowest BCUT2D eigenvalue weighted by Gasteiger charge is -2.05. The van der Waals surface area contributed by atoms with Gasteiger partial charge in [0.15, 0.2) is 0 Å². The van der Waals surface area contributed by atoms with Crippen molar-refractivity contribution in [1.29, 1.82) is 0 Å². The van der Waals surface area contributed by atoms with Gasteiger partial charge in [0.1, 0.15) is 5.82 Å². The van der Waals surface area contributed by atoms with E-state index in [2.05, 4.69) is 15.5 Å². The Morgan fingerprint density at radius 2 is 1.92 bits per heavy atom. The van der Waals surface area contributed by atoms with Crippen molar-refractivity contribution in [2.24, 2.45) is 0 Å².